The molecule has 7 N–H and O–H groups in total. The lowest BCUT2D eigenvalue weighted by molar-refractivity contribution is -0.139. The van der Waals surface area contributed by atoms with Crippen molar-refractivity contribution < 1.29 is 38.9 Å². The maximum atomic E-state index is 13.4. The zero-order valence-corrected chi connectivity index (χ0v) is 29.2. The lowest BCUT2D eigenvalue weighted by atomic mass is 9.97. The summed E-state index contributed by atoms with van der Waals surface area (Å²) in [7, 11) is 0. The summed E-state index contributed by atoms with van der Waals surface area (Å²) in [4.78, 5) is 66.6. The Balaban J connectivity index is 2.22. The van der Waals surface area contributed by atoms with E-state index in [0.29, 0.717) is 16.9 Å². The second-order valence-electron chi connectivity index (χ2n) is 12.5. The summed E-state index contributed by atoms with van der Waals surface area (Å²) in [5.41, 5.74) is 8.25. The first-order valence-corrected chi connectivity index (χ1v) is 16.8. The van der Waals surface area contributed by atoms with E-state index in [1.165, 1.54) is 13.8 Å². The first-order valence-electron chi connectivity index (χ1n) is 16.8. The van der Waals surface area contributed by atoms with Crippen LogP contribution in [0.4, 0.5) is 4.79 Å². The molecule has 2 aromatic carbocycles. The number of rotatable bonds is 19. The molecule has 2 rings (SSSR count). The van der Waals surface area contributed by atoms with Crippen molar-refractivity contribution in [3.05, 3.63) is 60.2 Å². The number of hydrogen-bond donors (Lipinski definition) is 6. The molecule has 0 fully saturated rings. The molecule has 49 heavy (non-hydrogen) atoms. The fourth-order valence-corrected chi connectivity index (χ4v) is 5.07. The number of carbonyl (C=O) groups excluding carboxylic acids is 5. The van der Waals surface area contributed by atoms with Gasteiger partial charge in [-0.15, -0.1) is 0 Å². The van der Waals surface area contributed by atoms with Gasteiger partial charge in [-0.05, 0) is 42.9 Å². The topological polar surface area (TPSA) is 200 Å². The normalized spacial score (nSPS) is 14.1. The second kappa shape index (κ2) is 20.9. The summed E-state index contributed by atoms with van der Waals surface area (Å²) in [6, 6.07) is 12.4. The minimum atomic E-state index is -1.38. The van der Waals surface area contributed by atoms with Gasteiger partial charge in [-0.3, -0.25) is 19.2 Å². The van der Waals surface area contributed by atoms with E-state index < -0.39 is 66.4 Å². The molecule has 2 aromatic rings. The highest BCUT2D eigenvalue weighted by Crippen LogP contribution is 2.24. The van der Waals surface area contributed by atoms with Gasteiger partial charge < -0.3 is 36.6 Å². The number of benzene rings is 2. The molecule has 0 aliphatic rings. The van der Waals surface area contributed by atoms with Crippen LogP contribution in [0.25, 0.3) is 11.1 Å². The van der Waals surface area contributed by atoms with Crippen molar-refractivity contribution in [1.29, 1.82) is 0 Å². The van der Waals surface area contributed by atoms with E-state index in [-0.39, 0.29) is 32.1 Å². The minimum Gasteiger partial charge on any atom is -0.444 e. The predicted molar refractivity (Wildman–Crippen MR) is 186 cm³/mol. The van der Waals surface area contributed by atoms with Crippen molar-refractivity contribution >= 4 is 29.7 Å². The molecule has 13 nitrogen and oxygen atoms in total. The third kappa shape index (κ3) is 12.6. The van der Waals surface area contributed by atoms with Crippen LogP contribution in [0.3, 0.4) is 0 Å². The lowest BCUT2D eigenvalue weighted by Gasteiger charge is -2.30. The fourth-order valence-electron chi connectivity index (χ4n) is 5.07. The Morgan fingerprint density at radius 1 is 0.857 bits per heavy atom. The third-order valence-corrected chi connectivity index (χ3v) is 8.22. The maximum absolute atomic E-state index is 13.4. The number of nitrogens with zero attached hydrogens (tertiary/aromatic N) is 1. The van der Waals surface area contributed by atoms with Crippen molar-refractivity contribution in [2.45, 2.75) is 91.1 Å². The highest BCUT2D eigenvalue weighted by atomic mass is 16.6. The average Bonchev–Trinajstić information content (AvgIpc) is 3.09. The summed E-state index contributed by atoms with van der Waals surface area (Å²) in [6.45, 7) is 6.91. The van der Waals surface area contributed by atoms with Gasteiger partial charge in [0.2, 0.25) is 23.6 Å². The van der Waals surface area contributed by atoms with Crippen LogP contribution >= 0.6 is 0 Å². The smallest absolute Gasteiger partial charge is 0.417 e. The second-order valence-corrected chi connectivity index (χ2v) is 12.5. The molecule has 1 unspecified atom stereocenters. The zero-order chi connectivity index (χ0) is 36.5. The molecule has 5 atom stereocenters. The number of aliphatic hydroxyl groups excluding tert-OH is 2. The maximum Gasteiger partial charge on any atom is 0.417 e. The van der Waals surface area contributed by atoms with Gasteiger partial charge in [0.25, 0.3) is 0 Å². The largest absolute Gasteiger partial charge is 0.444 e. The monoisotopic (exact) mass is 683 g/mol. The Morgan fingerprint density at radius 3 is 2.10 bits per heavy atom. The molecule has 0 saturated heterocycles. The summed E-state index contributed by atoms with van der Waals surface area (Å²) >= 11 is 0. The number of hydrogen-bond acceptors (Lipinski definition) is 9. The molecular formula is C36H53N5O8. The highest BCUT2D eigenvalue weighted by Gasteiger charge is 2.36. The molecule has 5 amide bonds. The van der Waals surface area contributed by atoms with Gasteiger partial charge in [0, 0.05) is 18.9 Å². The van der Waals surface area contributed by atoms with Crippen LogP contribution < -0.4 is 21.7 Å². The zero-order valence-electron chi connectivity index (χ0n) is 29.2. The summed E-state index contributed by atoms with van der Waals surface area (Å²) < 4.78 is 5.53. The lowest BCUT2D eigenvalue weighted by Crippen LogP contribution is -2.58. The summed E-state index contributed by atoms with van der Waals surface area (Å²) in [5, 5.41) is 28.0. The Kier molecular flexibility index (Phi) is 17.4. The van der Waals surface area contributed by atoms with Crippen molar-refractivity contribution in [1.82, 2.24) is 20.9 Å². The van der Waals surface area contributed by atoms with Gasteiger partial charge in [0.05, 0.1) is 25.3 Å². The number of nitrogens with one attached hydrogen (secondary N) is 3. The van der Waals surface area contributed by atoms with Crippen LogP contribution in [0.5, 0.6) is 0 Å². The van der Waals surface area contributed by atoms with Gasteiger partial charge in [-0.2, -0.15) is 0 Å². The summed E-state index contributed by atoms with van der Waals surface area (Å²) in [6.07, 6.45) is 1.41. The van der Waals surface area contributed by atoms with Crippen molar-refractivity contribution in [3.63, 3.8) is 0 Å². The number of aliphatic hydroxyl groups is 2. The van der Waals surface area contributed by atoms with Gasteiger partial charge in [-0.1, -0.05) is 88.2 Å². The Morgan fingerprint density at radius 2 is 1.51 bits per heavy atom. The number of ether oxygens (including phenoxy) is 1. The third-order valence-electron chi connectivity index (χ3n) is 8.22. The van der Waals surface area contributed by atoms with Crippen molar-refractivity contribution in [2.24, 2.45) is 17.6 Å². The molecule has 0 heterocycles. The van der Waals surface area contributed by atoms with Crippen LogP contribution in [0.15, 0.2) is 54.6 Å². The number of nitrogens with two attached hydrogens (primary N) is 1. The van der Waals surface area contributed by atoms with Gasteiger partial charge in [0.15, 0.2) is 0 Å². The number of carbonyl (C=O) groups is 5. The minimum absolute atomic E-state index is 0.122. The van der Waals surface area contributed by atoms with E-state index >= 15 is 0 Å². The van der Waals surface area contributed by atoms with Crippen LogP contribution in [0.2, 0.25) is 0 Å². The van der Waals surface area contributed by atoms with E-state index in [2.05, 4.69) is 16.0 Å². The van der Waals surface area contributed by atoms with E-state index in [1.54, 1.807) is 12.1 Å². The molecule has 270 valence electrons. The number of amides is 5. The summed E-state index contributed by atoms with van der Waals surface area (Å²) in [5.74, 6) is -3.77. The molecule has 0 bridgehead atoms. The van der Waals surface area contributed by atoms with Crippen molar-refractivity contribution in [3.8, 4) is 11.1 Å². The molecule has 0 aliphatic carbocycles. The van der Waals surface area contributed by atoms with Crippen molar-refractivity contribution in [2.75, 3.05) is 19.8 Å². The molecule has 0 spiro atoms. The molecule has 0 aliphatic heterocycles. The van der Waals surface area contributed by atoms with Gasteiger partial charge in [0.1, 0.15) is 18.7 Å². The molecule has 0 saturated carbocycles. The molecular weight excluding hydrogens is 630 g/mol. The molecule has 0 aromatic heterocycles. The van der Waals surface area contributed by atoms with Crippen LogP contribution in [-0.4, -0.2) is 88.8 Å². The Bertz CT molecular complexity index is 1370. The van der Waals surface area contributed by atoms with Gasteiger partial charge in [-0.25, -0.2) is 9.69 Å². The van der Waals surface area contributed by atoms with E-state index in [1.807, 2.05) is 63.2 Å². The van der Waals surface area contributed by atoms with Crippen LogP contribution in [0, 0.1) is 11.8 Å². The number of imide groups is 1. The first kappa shape index (κ1) is 40.8. The van der Waals surface area contributed by atoms with E-state index in [9.17, 15) is 34.2 Å². The van der Waals surface area contributed by atoms with Crippen LogP contribution in [0.1, 0.15) is 65.9 Å². The standard InChI is InChI=1S/C36H53N5O8/c1-6-7-9-18-31(44)40-32(34(46)39-30(21-43)23(2)3)28(20-42)19-38-33(45)25(5)41(35(47)24(4)37)36(48)49-22-27-16-12-13-17-29(27)26-14-10-8-11-15-26/h8,10-17,23-25,28,30,32,42-43H,6-7,9,18-22,37H2,1-5H3,(H,38,45)(H,39,46)(H,40,44)/t24-,25-,28?,30+,32-/m0/s1. The number of unbranched alkanes of at least 4 members (excludes halogenated alkanes) is 2. The first-order chi connectivity index (χ1) is 23.4. The highest BCUT2D eigenvalue weighted by molar-refractivity contribution is 5.99. The molecule has 0 radical (unpaired) electrons. The Hall–Kier alpha value is -4.33. The van der Waals surface area contributed by atoms with Gasteiger partial charge >= 0.3 is 6.09 Å². The SMILES string of the molecule is CCCCCC(=O)N[C@H](C(=O)N[C@H](CO)C(C)C)C(CO)CNC(=O)[C@H](C)N(C(=O)OCc1ccccc1-c1ccccc1)C(=O)[C@H](C)N. The quantitative estimate of drug-likeness (QED) is 0.120. The predicted octanol–water partition coefficient (Wildman–Crippen LogP) is 2.48. The van der Waals surface area contributed by atoms with E-state index in [0.717, 1.165) is 24.0 Å². The molecule has 13 heteroatoms. The van der Waals surface area contributed by atoms with E-state index in [4.69, 9.17) is 10.5 Å². The average molecular weight is 684 g/mol. The Labute approximate surface area is 289 Å². The van der Waals surface area contributed by atoms with Crippen LogP contribution in [-0.2, 0) is 30.5 Å². The fraction of sp³-hybridized carbons (Fsp3) is 0.528.